The molecule has 31 heavy (non-hydrogen) atoms. The molecule has 2 fully saturated rings. The Morgan fingerprint density at radius 1 is 1.16 bits per heavy atom. The lowest BCUT2D eigenvalue weighted by Crippen LogP contribution is -2.30. The molecular weight excluding hydrogens is 417 g/mol. The van der Waals surface area contributed by atoms with Gasteiger partial charge in [-0.1, -0.05) is 0 Å². The zero-order valence-corrected chi connectivity index (χ0v) is 15.7. The smallest absolute Gasteiger partial charge is 0.341 e. The van der Waals surface area contributed by atoms with E-state index in [-0.39, 0.29) is 29.3 Å². The molecule has 5 rings (SSSR count). The molecule has 3 aromatic rings. The SMILES string of the molecule is NC1[C@H]2CN(c3nc4c(cc3F)c(=O)c(C(=O)O)cn4-c3ccc(F)c(O)c3F)C[C@@H]12. The third-order valence-corrected chi connectivity index (χ3v) is 6.01. The van der Waals surface area contributed by atoms with Crippen LogP contribution in [-0.2, 0) is 0 Å². The van der Waals surface area contributed by atoms with Crippen LogP contribution in [0.2, 0.25) is 0 Å². The summed E-state index contributed by atoms with van der Waals surface area (Å²) in [6, 6.07) is 2.63. The van der Waals surface area contributed by atoms with Crippen LogP contribution in [0.1, 0.15) is 10.4 Å². The van der Waals surface area contributed by atoms with E-state index in [1.165, 1.54) is 0 Å². The lowest BCUT2D eigenvalue weighted by Gasteiger charge is -2.22. The molecule has 3 heterocycles. The van der Waals surface area contributed by atoms with Crippen LogP contribution < -0.4 is 16.1 Å². The van der Waals surface area contributed by atoms with Gasteiger partial charge < -0.3 is 20.8 Å². The number of rotatable bonds is 3. The average Bonchev–Trinajstić information content (AvgIpc) is 3.12. The van der Waals surface area contributed by atoms with E-state index < -0.39 is 51.2 Å². The largest absolute Gasteiger partial charge is 0.503 e. The Morgan fingerprint density at radius 2 is 1.84 bits per heavy atom. The van der Waals surface area contributed by atoms with E-state index in [0.717, 1.165) is 29.0 Å². The molecule has 0 radical (unpaired) electrons. The number of nitrogens with zero attached hydrogens (tertiary/aromatic N) is 3. The molecule has 160 valence electrons. The number of piperidine rings is 1. The van der Waals surface area contributed by atoms with Crippen molar-refractivity contribution >= 4 is 22.8 Å². The van der Waals surface area contributed by atoms with Gasteiger partial charge in [0.25, 0.3) is 0 Å². The van der Waals surface area contributed by atoms with Crippen molar-refractivity contribution in [3.63, 3.8) is 0 Å². The molecule has 1 aromatic carbocycles. The number of phenols is 1. The summed E-state index contributed by atoms with van der Waals surface area (Å²) in [6.07, 6.45) is 0.814. The predicted octanol–water partition coefficient (Wildman–Crippen LogP) is 1.60. The minimum absolute atomic E-state index is 0.0485. The lowest BCUT2D eigenvalue weighted by molar-refractivity contribution is 0.0695. The van der Waals surface area contributed by atoms with Gasteiger partial charge in [-0.3, -0.25) is 9.36 Å². The van der Waals surface area contributed by atoms with Gasteiger partial charge in [-0.05, 0) is 30.0 Å². The average molecular weight is 432 g/mol. The number of phenolic OH excluding ortho intramolecular Hbond substituents is 1. The molecule has 8 nitrogen and oxygen atoms in total. The predicted molar refractivity (Wildman–Crippen MR) is 103 cm³/mol. The highest BCUT2D eigenvalue weighted by atomic mass is 19.1. The normalized spacial score (nSPS) is 22.1. The third-order valence-electron chi connectivity index (χ3n) is 6.01. The first-order valence-corrected chi connectivity index (χ1v) is 9.36. The van der Waals surface area contributed by atoms with Crippen molar-refractivity contribution in [3.05, 3.63) is 57.6 Å². The highest BCUT2D eigenvalue weighted by Crippen LogP contribution is 2.45. The number of carbonyl (C=O) groups is 1. The maximum Gasteiger partial charge on any atom is 0.341 e. The summed E-state index contributed by atoms with van der Waals surface area (Å²) in [4.78, 5) is 30.0. The zero-order chi connectivity index (χ0) is 22.2. The second-order valence-corrected chi connectivity index (χ2v) is 7.75. The number of pyridine rings is 2. The molecule has 1 saturated carbocycles. The maximum absolute atomic E-state index is 14.9. The number of hydrogen-bond donors (Lipinski definition) is 3. The molecule has 1 aliphatic heterocycles. The summed E-state index contributed by atoms with van der Waals surface area (Å²) >= 11 is 0. The molecule has 1 saturated heterocycles. The summed E-state index contributed by atoms with van der Waals surface area (Å²) in [6.45, 7) is 0.925. The number of aromatic hydroxyl groups is 1. The van der Waals surface area contributed by atoms with E-state index in [2.05, 4.69) is 4.98 Å². The van der Waals surface area contributed by atoms with E-state index in [4.69, 9.17) is 5.73 Å². The molecule has 4 N–H and O–H groups in total. The molecule has 3 atom stereocenters. The summed E-state index contributed by atoms with van der Waals surface area (Å²) in [5.41, 5.74) is 3.45. The van der Waals surface area contributed by atoms with Gasteiger partial charge in [0, 0.05) is 25.3 Å². The van der Waals surface area contributed by atoms with Crippen LogP contribution in [0.4, 0.5) is 19.0 Å². The number of fused-ring (bicyclic) bond motifs is 2. The van der Waals surface area contributed by atoms with Crippen molar-refractivity contribution < 1.29 is 28.2 Å². The van der Waals surface area contributed by atoms with Gasteiger partial charge in [-0.15, -0.1) is 0 Å². The van der Waals surface area contributed by atoms with Crippen molar-refractivity contribution in [2.75, 3.05) is 18.0 Å². The van der Waals surface area contributed by atoms with Crippen molar-refractivity contribution in [1.29, 1.82) is 0 Å². The van der Waals surface area contributed by atoms with Crippen molar-refractivity contribution in [1.82, 2.24) is 9.55 Å². The molecular formula is C20H15F3N4O4. The molecule has 2 aliphatic rings. The number of carboxylic acid groups (broad SMARTS) is 1. The van der Waals surface area contributed by atoms with Gasteiger partial charge in [0.2, 0.25) is 5.43 Å². The van der Waals surface area contributed by atoms with Crippen molar-refractivity contribution in [2.45, 2.75) is 6.04 Å². The number of hydrogen-bond acceptors (Lipinski definition) is 6. The van der Waals surface area contributed by atoms with Gasteiger partial charge in [0.15, 0.2) is 34.7 Å². The summed E-state index contributed by atoms with van der Waals surface area (Å²) in [7, 11) is 0. The number of aromatic carboxylic acids is 1. The van der Waals surface area contributed by atoms with Gasteiger partial charge in [0.1, 0.15) is 5.56 Å². The summed E-state index contributed by atoms with van der Waals surface area (Å²) in [5, 5.41) is 18.6. The number of benzene rings is 1. The van der Waals surface area contributed by atoms with Gasteiger partial charge in [-0.25, -0.2) is 22.9 Å². The first-order chi connectivity index (χ1) is 14.7. The van der Waals surface area contributed by atoms with E-state index >= 15 is 0 Å². The van der Waals surface area contributed by atoms with Crippen LogP contribution in [-0.4, -0.2) is 44.9 Å². The fourth-order valence-corrected chi connectivity index (χ4v) is 4.23. The number of carboxylic acids is 1. The Labute approximate surface area is 172 Å². The van der Waals surface area contributed by atoms with E-state index in [1.54, 1.807) is 4.90 Å². The monoisotopic (exact) mass is 432 g/mol. The molecule has 11 heteroatoms. The Hall–Kier alpha value is -3.60. The topological polar surface area (TPSA) is 122 Å². The maximum atomic E-state index is 14.9. The van der Waals surface area contributed by atoms with Gasteiger partial charge in [-0.2, -0.15) is 0 Å². The highest BCUT2D eigenvalue weighted by molar-refractivity contribution is 5.92. The Balaban J connectivity index is 1.78. The van der Waals surface area contributed by atoms with Crippen LogP contribution in [0.15, 0.2) is 29.2 Å². The summed E-state index contributed by atoms with van der Waals surface area (Å²) < 4.78 is 43.9. The fourth-order valence-electron chi connectivity index (χ4n) is 4.23. The third kappa shape index (κ3) is 2.76. The van der Waals surface area contributed by atoms with E-state index in [9.17, 15) is 33.0 Å². The summed E-state index contributed by atoms with van der Waals surface area (Å²) in [5.74, 6) is -6.02. The second-order valence-electron chi connectivity index (χ2n) is 7.75. The molecule has 0 amide bonds. The fraction of sp³-hybridized carbons (Fsp3) is 0.250. The van der Waals surface area contributed by atoms with Gasteiger partial charge >= 0.3 is 5.97 Å². The Bertz CT molecular complexity index is 1330. The van der Waals surface area contributed by atoms with Crippen molar-refractivity contribution in [2.24, 2.45) is 17.6 Å². The van der Waals surface area contributed by atoms with Crippen LogP contribution in [0.25, 0.3) is 16.7 Å². The van der Waals surface area contributed by atoms with Crippen LogP contribution >= 0.6 is 0 Å². The first-order valence-electron chi connectivity index (χ1n) is 9.36. The number of aromatic nitrogens is 2. The van der Waals surface area contributed by atoms with Crippen LogP contribution in [0, 0.1) is 29.3 Å². The molecule has 0 bridgehead atoms. The van der Waals surface area contributed by atoms with Crippen LogP contribution in [0.5, 0.6) is 5.75 Å². The minimum Gasteiger partial charge on any atom is -0.503 e. The second kappa shape index (κ2) is 6.45. The molecule has 1 unspecified atom stereocenters. The van der Waals surface area contributed by atoms with E-state index in [0.29, 0.717) is 13.1 Å². The highest BCUT2D eigenvalue weighted by Gasteiger charge is 2.54. The molecule has 0 spiro atoms. The number of nitrogens with two attached hydrogens (primary N) is 1. The zero-order valence-electron chi connectivity index (χ0n) is 15.7. The Morgan fingerprint density at radius 3 is 2.48 bits per heavy atom. The first kappa shape index (κ1) is 19.4. The molecule has 1 aliphatic carbocycles. The number of anilines is 1. The molecule has 2 aromatic heterocycles. The Kier molecular flexibility index (Phi) is 4.03. The van der Waals surface area contributed by atoms with Crippen molar-refractivity contribution in [3.8, 4) is 11.4 Å². The van der Waals surface area contributed by atoms with Crippen LogP contribution in [0.3, 0.4) is 0 Å². The lowest BCUT2D eigenvalue weighted by atomic mass is 10.1. The standard InChI is InChI=1S/C20H15F3N4O4/c21-11-1-2-13(14(23)17(11)29)27-6-10(20(30)31)16(28)7-3-12(22)19(25-18(7)27)26-4-8-9(5-26)15(8)24/h1-3,6,8-9,15,29H,4-5,24H2,(H,30,31)/t8-,9+,15?. The van der Waals surface area contributed by atoms with E-state index in [1.807, 2.05) is 0 Å². The quantitative estimate of drug-likeness (QED) is 0.575. The number of halogens is 3. The minimum atomic E-state index is -1.62. The van der Waals surface area contributed by atoms with Gasteiger partial charge in [0.05, 0.1) is 11.1 Å².